The van der Waals surface area contributed by atoms with Crippen LogP contribution >= 0.6 is 0 Å². The Bertz CT molecular complexity index is 287. The molecule has 12 heavy (non-hydrogen) atoms. The Morgan fingerprint density at radius 2 is 2.50 bits per heavy atom. The van der Waals surface area contributed by atoms with Crippen molar-refractivity contribution in [2.45, 2.75) is 38.2 Å². The van der Waals surface area contributed by atoms with Crippen molar-refractivity contribution in [1.82, 2.24) is 0 Å². The molecule has 2 aliphatic carbocycles. The van der Waals surface area contributed by atoms with Crippen LogP contribution in [0.5, 0.6) is 0 Å². The van der Waals surface area contributed by atoms with Gasteiger partial charge in [0.15, 0.2) is 0 Å². The van der Waals surface area contributed by atoms with Gasteiger partial charge in [0.2, 0.25) is 0 Å². The maximum Gasteiger partial charge on any atom is 0.142 e. The van der Waals surface area contributed by atoms with Crippen LogP contribution in [0.1, 0.15) is 34.0 Å². The summed E-state index contributed by atoms with van der Waals surface area (Å²) in [6.07, 6.45) is 4.56. The number of ketones is 1. The number of fused-ring (bicyclic) bond motifs is 1. The SMILES string of the molecule is [2H]C1CC[C@]2(O)C=CC[C@]2(C)C1=O. The molecule has 3 atom stereocenters. The first-order valence-electron chi connectivity index (χ1n) is 4.94. The van der Waals surface area contributed by atoms with Gasteiger partial charge < -0.3 is 5.11 Å². The molecule has 0 aliphatic heterocycles. The molecule has 0 heterocycles. The Hall–Kier alpha value is -0.630. The van der Waals surface area contributed by atoms with Gasteiger partial charge in [-0.3, -0.25) is 4.79 Å². The minimum Gasteiger partial charge on any atom is -0.385 e. The Morgan fingerprint density at radius 3 is 3.25 bits per heavy atom. The molecule has 0 bridgehead atoms. The van der Waals surface area contributed by atoms with Crippen molar-refractivity contribution in [3.8, 4) is 0 Å². The van der Waals surface area contributed by atoms with E-state index in [-0.39, 0.29) is 5.78 Å². The van der Waals surface area contributed by atoms with Gasteiger partial charge in [0.1, 0.15) is 5.78 Å². The molecule has 0 amide bonds. The van der Waals surface area contributed by atoms with Gasteiger partial charge in [0, 0.05) is 7.77 Å². The molecule has 1 N–H and O–H groups in total. The van der Waals surface area contributed by atoms with Crippen molar-refractivity contribution in [2.24, 2.45) is 5.41 Å². The Labute approximate surface area is 73.7 Å². The molecule has 0 aromatic rings. The lowest BCUT2D eigenvalue weighted by Crippen LogP contribution is -2.50. The molecule has 1 saturated carbocycles. The molecule has 2 aliphatic rings. The number of hydrogen-bond donors (Lipinski definition) is 1. The average molecular weight is 167 g/mol. The van der Waals surface area contributed by atoms with Crippen LogP contribution in [0.2, 0.25) is 0 Å². The quantitative estimate of drug-likeness (QED) is 0.554. The number of aliphatic hydroxyl groups is 1. The van der Waals surface area contributed by atoms with Crippen molar-refractivity contribution in [1.29, 1.82) is 0 Å². The van der Waals surface area contributed by atoms with Crippen molar-refractivity contribution in [3.05, 3.63) is 12.2 Å². The van der Waals surface area contributed by atoms with E-state index < -0.39 is 17.4 Å². The van der Waals surface area contributed by atoms with Crippen molar-refractivity contribution < 1.29 is 11.3 Å². The predicted molar refractivity (Wildman–Crippen MR) is 45.7 cm³/mol. The van der Waals surface area contributed by atoms with Gasteiger partial charge in [-0.2, -0.15) is 0 Å². The smallest absolute Gasteiger partial charge is 0.142 e. The minimum atomic E-state index is -0.971. The van der Waals surface area contributed by atoms with Crippen molar-refractivity contribution in [2.75, 3.05) is 0 Å². The normalized spacial score (nSPS) is 53.7. The maximum absolute atomic E-state index is 11.7. The molecule has 0 radical (unpaired) electrons. The molecule has 1 unspecified atom stereocenters. The van der Waals surface area contributed by atoms with Crippen molar-refractivity contribution >= 4 is 5.78 Å². The first-order chi connectivity index (χ1) is 6.00. The fraction of sp³-hybridized carbons (Fsp3) is 0.700. The van der Waals surface area contributed by atoms with Crippen molar-refractivity contribution in [3.63, 3.8) is 0 Å². The number of carbonyl (C=O) groups is 1. The number of Topliss-reactive ketones (excluding diaryl/α,β-unsaturated/α-hetero) is 1. The first-order valence-corrected chi connectivity index (χ1v) is 4.36. The van der Waals surface area contributed by atoms with E-state index in [2.05, 4.69) is 0 Å². The van der Waals surface area contributed by atoms with Crippen LogP contribution in [0.4, 0.5) is 0 Å². The van der Waals surface area contributed by atoms with Gasteiger partial charge in [0.05, 0.1) is 11.0 Å². The Balaban J connectivity index is 2.40. The summed E-state index contributed by atoms with van der Waals surface area (Å²) in [6, 6.07) is 0. The van der Waals surface area contributed by atoms with Crippen LogP contribution in [-0.2, 0) is 4.79 Å². The second-order valence-corrected chi connectivity index (χ2v) is 3.97. The van der Waals surface area contributed by atoms with Crippen LogP contribution in [0.25, 0.3) is 0 Å². The third kappa shape index (κ3) is 0.761. The largest absolute Gasteiger partial charge is 0.385 e. The molecule has 0 aromatic carbocycles. The van der Waals surface area contributed by atoms with E-state index in [4.69, 9.17) is 1.37 Å². The van der Waals surface area contributed by atoms with E-state index in [1.165, 1.54) is 0 Å². The standard InChI is InChI=1S/C10H14O2/c1-9-5-3-7-10(9,12)6-2-4-8(9)11/h3,7,12H,2,4-6H2,1H3/t9-,10+/m1/s1/i4D/t4?,9-,10+. The fourth-order valence-electron chi connectivity index (χ4n) is 2.17. The number of allylic oxidation sites excluding steroid dienone is 1. The van der Waals surface area contributed by atoms with Crippen LogP contribution in [0.3, 0.4) is 0 Å². The Morgan fingerprint density at radius 1 is 1.75 bits per heavy atom. The lowest BCUT2D eigenvalue weighted by Gasteiger charge is -2.41. The van der Waals surface area contributed by atoms with Crippen LogP contribution < -0.4 is 0 Å². The molecule has 2 heteroatoms. The zero-order chi connectivity index (χ0) is 9.69. The highest BCUT2D eigenvalue weighted by atomic mass is 16.3. The second-order valence-electron chi connectivity index (χ2n) is 3.97. The van der Waals surface area contributed by atoms with Gasteiger partial charge >= 0.3 is 0 Å². The van der Waals surface area contributed by atoms with Gasteiger partial charge in [-0.05, 0) is 26.2 Å². The lowest BCUT2D eigenvalue weighted by atomic mass is 9.65. The summed E-state index contributed by atoms with van der Waals surface area (Å²) in [7, 11) is 0. The highest BCUT2D eigenvalue weighted by Crippen LogP contribution is 2.49. The number of hydrogen-bond acceptors (Lipinski definition) is 2. The zero-order valence-electron chi connectivity index (χ0n) is 8.21. The minimum absolute atomic E-state index is 0.105. The van der Waals surface area contributed by atoms with Gasteiger partial charge in [-0.25, -0.2) is 0 Å². The fourth-order valence-corrected chi connectivity index (χ4v) is 2.17. The van der Waals surface area contributed by atoms with E-state index >= 15 is 0 Å². The predicted octanol–water partition coefficient (Wildman–Crippen LogP) is 1.44. The Kier molecular flexibility index (Phi) is 1.25. The molecule has 0 aromatic heterocycles. The van der Waals surface area contributed by atoms with Gasteiger partial charge in [-0.15, -0.1) is 0 Å². The summed E-state index contributed by atoms with van der Waals surface area (Å²) in [6.45, 7) is 1.77. The zero-order valence-corrected chi connectivity index (χ0v) is 7.21. The second kappa shape index (κ2) is 2.19. The monoisotopic (exact) mass is 167 g/mol. The van der Waals surface area contributed by atoms with Crippen LogP contribution in [0.15, 0.2) is 12.2 Å². The third-order valence-corrected chi connectivity index (χ3v) is 3.27. The molecule has 1 fully saturated rings. The summed E-state index contributed by atoms with van der Waals surface area (Å²) < 4.78 is 7.55. The van der Waals surface area contributed by atoms with Crippen LogP contribution in [-0.4, -0.2) is 16.5 Å². The lowest BCUT2D eigenvalue weighted by molar-refractivity contribution is -0.144. The van der Waals surface area contributed by atoms with Gasteiger partial charge in [-0.1, -0.05) is 12.2 Å². The van der Waals surface area contributed by atoms with E-state index in [1.54, 1.807) is 13.0 Å². The molecule has 0 saturated heterocycles. The summed E-state index contributed by atoms with van der Waals surface area (Å²) in [5, 5.41) is 10.2. The van der Waals surface area contributed by atoms with E-state index in [1.807, 2.05) is 6.08 Å². The topological polar surface area (TPSA) is 37.3 Å². The molecule has 2 nitrogen and oxygen atoms in total. The first kappa shape index (κ1) is 6.84. The van der Waals surface area contributed by atoms with Crippen LogP contribution in [0, 0.1) is 5.41 Å². The summed E-state index contributed by atoms with van der Waals surface area (Å²) in [5.41, 5.74) is -1.70. The molecule has 2 rings (SSSR count). The third-order valence-electron chi connectivity index (χ3n) is 3.27. The van der Waals surface area contributed by atoms with E-state index in [9.17, 15) is 9.90 Å². The number of carbonyl (C=O) groups excluding carboxylic acids is 1. The summed E-state index contributed by atoms with van der Waals surface area (Å²) >= 11 is 0. The molecule has 0 spiro atoms. The van der Waals surface area contributed by atoms with E-state index in [0.29, 0.717) is 19.3 Å². The molecular formula is C10H14O2. The highest BCUT2D eigenvalue weighted by Gasteiger charge is 2.53. The highest BCUT2D eigenvalue weighted by molar-refractivity contribution is 5.88. The summed E-state index contributed by atoms with van der Waals surface area (Å²) in [5.74, 6) is -0.105. The number of rotatable bonds is 0. The summed E-state index contributed by atoms with van der Waals surface area (Å²) in [4.78, 5) is 11.7. The maximum atomic E-state index is 11.7. The average Bonchev–Trinajstić information content (AvgIpc) is 2.39. The van der Waals surface area contributed by atoms with Gasteiger partial charge in [0.25, 0.3) is 0 Å². The molecule has 66 valence electrons. The van der Waals surface area contributed by atoms with E-state index in [0.717, 1.165) is 0 Å². The molecular weight excluding hydrogens is 152 g/mol.